The fourth-order valence-electron chi connectivity index (χ4n) is 1.89. The van der Waals surface area contributed by atoms with Gasteiger partial charge in [0.15, 0.2) is 18.2 Å². The second kappa shape index (κ2) is 6.35. The number of rotatable bonds is 3. The molecule has 0 aromatic heterocycles. The van der Waals surface area contributed by atoms with E-state index < -0.39 is 5.82 Å². The van der Waals surface area contributed by atoms with Crippen LogP contribution in [0.3, 0.4) is 0 Å². The lowest BCUT2D eigenvalue weighted by molar-refractivity contribution is -0.133. The molecular weight excluding hydrogens is 235 g/mol. The number of halogens is 1. The SMILES string of the molecule is O=C(COc1ccccc1F)N1CCCNCC1. The van der Waals surface area contributed by atoms with Gasteiger partial charge >= 0.3 is 0 Å². The summed E-state index contributed by atoms with van der Waals surface area (Å²) in [5.41, 5.74) is 0. The lowest BCUT2D eigenvalue weighted by Gasteiger charge is -2.20. The number of hydrogen-bond donors (Lipinski definition) is 1. The standard InChI is InChI=1S/C13H17FN2O2/c14-11-4-1-2-5-12(11)18-10-13(17)16-8-3-6-15-7-9-16/h1-2,4-5,15H,3,6-10H2. The number of hydrogen-bond acceptors (Lipinski definition) is 3. The fourth-order valence-corrected chi connectivity index (χ4v) is 1.89. The van der Waals surface area contributed by atoms with E-state index in [-0.39, 0.29) is 18.3 Å². The Balaban J connectivity index is 1.86. The highest BCUT2D eigenvalue weighted by molar-refractivity contribution is 5.77. The van der Waals surface area contributed by atoms with Crippen molar-refractivity contribution in [2.75, 3.05) is 32.8 Å². The molecule has 1 aromatic rings. The summed E-state index contributed by atoms with van der Waals surface area (Å²) in [7, 11) is 0. The van der Waals surface area contributed by atoms with Crippen molar-refractivity contribution in [2.24, 2.45) is 0 Å². The van der Waals surface area contributed by atoms with Crippen molar-refractivity contribution < 1.29 is 13.9 Å². The second-order valence-electron chi connectivity index (χ2n) is 4.20. The maximum absolute atomic E-state index is 13.3. The Labute approximate surface area is 106 Å². The van der Waals surface area contributed by atoms with Crippen LogP contribution in [0.1, 0.15) is 6.42 Å². The van der Waals surface area contributed by atoms with E-state index in [9.17, 15) is 9.18 Å². The molecule has 1 aromatic carbocycles. The smallest absolute Gasteiger partial charge is 0.260 e. The Morgan fingerprint density at radius 1 is 1.33 bits per heavy atom. The van der Waals surface area contributed by atoms with Crippen LogP contribution in [-0.2, 0) is 4.79 Å². The van der Waals surface area contributed by atoms with Crippen LogP contribution in [0.2, 0.25) is 0 Å². The molecule has 1 fully saturated rings. The van der Waals surface area contributed by atoms with E-state index in [2.05, 4.69) is 5.32 Å². The van der Waals surface area contributed by atoms with Crippen LogP contribution in [0, 0.1) is 5.82 Å². The summed E-state index contributed by atoms with van der Waals surface area (Å²) >= 11 is 0. The Kier molecular flexibility index (Phi) is 4.52. The number of amides is 1. The average Bonchev–Trinajstić information content (AvgIpc) is 2.66. The molecule has 1 amide bonds. The van der Waals surface area contributed by atoms with E-state index in [1.54, 1.807) is 17.0 Å². The average molecular weight is 252 g/mol. The highest BCUT2D eigenvalue weighted by atomic mass is 19.1. The third-order valence-corrected chi connectivity index (χ3v) is 2.88. The summed E-state index contributed by atoms with van der Waals surface area (Å²) in [5.74, 6) is -0.413. The van der Waals surface area contributed by atoms with Gasteiger partial charge in [-0.2, -0.15) is 0 Å². The molecule has 0 radical (unpaired) electrons. The first-order valence-corrected chi connectivity index (χ1v) is 6.13. The van der Waals surface area contributed by atoms with Gasteiger partial charge < -0.3 is 15.0 Å². The lowest BCUT2D eigenvalue weighted by atomic mass is 10.3. The molecule has 4 nitrogen and oxygen atoms in total. The van der Waals surface area contributed by atoms with Gasteiger partial charge in [-0.1, -0.05) is 12.1 Å². The molecule has 2 rings (SSSR count). The predicted molar refractivity (Wildman–Crippen MR) is 66.0 cm³/mol. The third kappa shape index (κ3) is 3.43. The van der Waals surface area contributed by atoms with E-state index in [0.29, 0.717) is 6.54 Å². The summed E-state index contributed by atoms with van der Waals surface area (Å²) < 4.78 is 18.5. The van der Waals surface area contributed by atoms with Gasteiger partial charge in [0.2, 0.25) is 0 Å². The summed E-state index contributed by atoms with van der Waals surface area (Å²) in [4.78, 5) is 13.6. The van der Waals surface area contributed by atoms with Gasteiger partial charge in [-0.05, 0) is 25.1 Å². The third-order valence-electron chi connectivity index (χ3n) is 2.88. The number of carbonyl (C=O) groups excluding carboxylic acids is 1. The van der Waals surface area contributed by atoms with Crippen molar-refractivity contribution in [1.82, 2.24) is 10.2 Å². The zero-order valence-electron chi connectivity index (χ0n) is 10.2. The van der Waals surface area contributed by atoms with E-state index in [1.807, 2.05) is 0 Å². The predicted octanol–water partition coefficient (Wildman–Crippen LogP) is 1.03. The molecule has 18 heavy (non-hydrogen) atoms. The summed E-state index contributed by atoms with van der Waals surface area (Å²) in [6.45, 7) is 3.02. The van der Waals surface area contributed by atoms with Gasteiger partial charge in [0, 0.05) is 19.6 Å². The largest absolute Gasteiger partial charge is 0.481 e. The summed E-state index contributed by atoms with van der Waals surface area (Å²) in [6.07, 6.45) is 0.936. The maximum atomic E-state index is 13.3. The van der Waals surface area contributed by atoms with Crippen LogP contribution >= 0.6 is 0 Å². The minimum atomic E-state index is -0.442. The minimum absolute atomic E-state index is 0.0954. The number of para-hydroxylation sites is 1. The fraction of sp³-hybridized carbons (Fsp3) is 0.462. The maximum Gasteiger partial charge on any atom is 0.260 e. The van der Waals surface area contributed by atoms with Crippen molar-refractivity contribution in [1.29, 1.82) is 0 Å². The topological polar surface area (TPSA) is 41.6 Å². The Bertz CT molecular complexity index is 404. The molecule has 0 aliphatic carbocycles. The summed E-state index contributed by atoms with van der Waals surface area (Å²) in [5, 5.41) is 3.22. The Morgan fingerprint density at radius 2 is 2.17 bits per heavy atom. The number of ether oxygens (including phenoxy) is 1. The van der Waals surface area contributed by atoms with Gasteiger partial charge in [0.25, 0.3) is 5.91 Å². The van der Waals surface area contributed by atoms with Gasteiger partial charge in [0.1, 0.15) is 0 Å². The van der Waals surface area contributed by atoms with Gasteiger partial charge in [0.05, 0.1) is 0 Å². The monoisotopic (exact) mass is 252 g/mol. The van der Waals surface area contributed by atoms with Crippen molar-refractivity contribution >= 4 is 5.91 Å². The first-order valence-electron chi connectivity index (χ1n) is 6.13. The first kappa shape index (κ1) is 12.8. The molecule has 0 bridgehead atoms. The zero-order chi connectivity index (χ0) is 12.8. The Hall–Kier alpha value is -1.62. The quantitative estimate of drug-likeness (QED) is 0.873. The molecular formula is C13H17FN2O2. The molecule has 0 unspecified atom stereocenters. The van der Waals surface area contributed by atoms with Crippen LogP contribution in [0.5, 0.6) is 5.75 Å². The molecule has 0 saturated carbocycles. The van der Waals surface area contributed by atoms with Crippen molar-refractivity contribution in [3.8, 4) is 5.75 Å². The van der Waals surface area contributed by atoms with Crippen LogP contribution in [0.15, 0.2) is 24.3 Å². The van der Waals surface area contributed by atoms with Crippen LogP contribution in [-0.4, -0.2) is 43.6 Å². The summed E-state index contributed by atoms with van der Waals surface area (Å²) in [6, 6.07) is 6.10. The molecule has 1 saturated heterocycles. The molecule has 98 valence electrons. The highest BCUT2D eigenvalue weighted by Crippen LogP contribution is 2.15. The molecule has 5 heteroatoms. The van der Waals surface area contributed by atoms with Crippen LogP contribution in [0.4, 0.5) is 4.39 Å². The molecule has 1 aliphatic rings. The zero-order valence-corrected chi connectivity index (χ0v) is 10.2. The molecule has 1 heterocycles. The molecule has 1 aliphatic heterocycles. The number of nitrogens with zero attached hydrogens (tertiary/aromatic N) is 1. The molecule has 1 N–H and O–H groups in total. The normalized spacial score (nSPS) is 16.2. The van der Waals surface area contributed by atoms with Crippen molar-refractivity contribution in [3.63, 3.8) is 0 Å². The van der Waals surface area contributed by atoms with Crippen LogP contribution in [0.25, 0.3) is 0 Å². The van der Waals surface area contributed by atoms with E-state index in [4.69, 9.17) is 4.74 Å². The first-order chi connectivity index (χ1) is 8.77. The van der Waals surface area contributed by atoms with E-state index >= 15 is 0 Å². The number of benzene rings is 1. The number of carbonyl (C=O) groups is 1. The molecule has 0 spiro atoms. The van der Waals surface area contributed by atoms with Gasteiger partial charge in [-0.3, -0.25) is 4.79 Å². The Morgan fingerprint density at radius 3 is 3.00 bits per heavy atom. The molecule has 0 atom stereocenters. The number of nitrogens with one attached hydrogen (secondary N) is 1. The lowest BCUT2D eigenvalue weighted by Crippen LogP contribution is -2.37. The van der Waals surface area contributed by atoms with Gasteiger partial charge in [-0.15, -0.1) is 0 Å². The highest BCUT2D eigenvalue weighted by Gasteiger charge is 2.16. The van der Waals surface area contributed by atoms with Crippen molar-refractivity contribution in [3.05, 3.63) is 30.1 Å². The van der Waals surface area contributed by atoms with Gasteiger partial charge in [-0.25, -0.2) is 4.39 Å². The second-order valence-corrected chi connectivity index (χ2v) is 4.20. The minimum Gasteiger partial charge on any atom is -0.481 e. The van der Waals surface area contributed by atoms with E-state index in [0.717, 1.165) is 26.1 Å². The van der Waals surface area contributed by atoms with Crippen molar-refractivity contribution in [2.45, 2.75) is 6.42 Å². The van der Waals surface area contributed by atoms with Crippen LogP contribution < -0.4 is 10.1 Å². The van der Waals surface area contributed by atoms with E-state index in [1.165, 1.54) is 12.1 Å².